The summed E-state index contributed by atoms with van der Waals surface area (Å²) in [4.78, 5) is 28.4. The first-order valence-corrected chi connectivity index (χ1v) is 9.06. The first kappa shape index (κ1) is 22.0. The van der Waals surface area contributed by atoms with Gasteiger partial charge >= 0.3 is 12.1 Å². The van der Waals surface area contributed by atoms with Crippen LogP contribution in [0.4, 0.5) is 4.79 Å². The molecule has 0 bridgehead atoms. The molecule has 1 heterocycles. The number of amides is 1. The highest BCUT2D eigenvalue weighted by molar-refractivity contribution is 6.17. The molecule has 2 atom stereocenters. The Morgan fingerprint density at radius 2 is 2.00 bits per heavy atom. The van der Waals surface area contributed by atoms with Gasteiger partial charge in [0.25, 0.3) is 0 Å². The number of carbonyl (C=O) groups is 2. The van der Waals surface area contributed by atoms with Gasteiger partial charge in [0.2, 0.25) is 0 Å². The number of hydrogen-bond donors (Lipinski definition) is 1. The van der Waals surface area contributed by atoms with Crippen molar-refractivity contribution in [2.24, 2.45) is 5.41 Å². The van der Waals surface area contributed by atoms with Crippen LogP contribution in [0, 0.1) is 5.41 Å². The van der Waals surface area contributed by atoms with Crippen molar-refractivity contribution in [1.29, 1.82) is 0 Å². The Morgan fingerprint density at radius 3 is 2.52 bits per heavy atom. The number of halogens is 1. The van der Waals surface area contributed by atoms with Crippen LogP contribution < -0.4 is 0 Å². The van der Waals surface area contributed by atoms with Gasteiger partial charge in [0, 0.05) is 19.6 Å². The van der Waals surface area contributed by atoms with E-state index in [0.717, 1.165) is 0 Å². The zero-order valence-electron chi connectivity index (χ0n) is 15.9. The summed E-state index contributed by atoms with van der Waals surface area (Å²) < 4.78 is 10.5. The molecule has 1 saturated heterocycles. The molecule has 0 saturated carbocycles. The van der Waals surface area contributed by atoms with Gasteiger partial charge in [-0.2, -0.15) is 0 Å². The third-order valence-electron chi connectivity index (χ3n) is 4.05. The van der Waals surface area contributed by atoms with Gasteiger partial charge in [-0.3, -0.25) is 4.79 Å². The Labute approximate surface area is 155 Å². The standard InChI is InChI=1S/C17H31ClN2O5/c1-16(2,3)25-15(23)20-8-6-7-17(11-20,14(22)24-12-18)9-13(21)10-19(4)5/h13,21H,6-12H2,1-5H3. The summed E-state index contributed by atoms with van der Waals surface area (Å²) in [5.74, 6) is -0.478. The summed E-state index contributed by atoms with van der Waals surface area (Å²) in [5.41, 5.74) is -1.59. The third-order valence-corrected chi connectivity index (χ3v) is 4.16. The number of ether oxygens (including phenoxy) is 2. The van der Waals surface area contributed by atoms with Gasteiger partial charge in [0.1, 0.15) is 5.60 Å². The van der Waals surface area contributed by atoms with E-state index in [1.807, 2.05) is 19.0 Å². The van der Waals surface area contributed by atoms with Gasteiger partial charge in [0.15, 0.2) is 6.07 Å². The molecule has 8 heteroatoms. The maximum absolute atomic E-state index is 12.6. The van der Waals surface area contributed by atoms with E-state index in [2.05, 4.69) is 0 Å². The highest BCUT2D eigenvalue weighted by Crippen LogP contribution is 2.37. The van der Waals surface area contributed by atoms with E-state index in [-0.39, 0.29) is 19.0 Å². The largest absolute Gasteiger partial charge is 0.449 e. The van der Waals surface area contributed by atoms with Crippen molar-refractivity contribution in [3.8, 4) is 0 Å². The fourth-order valence-electron chi connectivity index (χ4n) is 3.17. The van der Waals surface area contributed by atoms with Gasteiger partial charge in [-0.25, -0.2) is 4.79 Å². The number of hydrogen-bond acceptors (Lipinski definition) is 6. The Hall–Kier alpha value is -1.05. The molecule has 1 N–H and O–H groups in total. The van der Waals surface area contributed by atoms with E-state index >= 15 is 0 Å². The average molecular weight is 379 g/mol. The maximum atomic E-state index is 12.6. The molecule has 0 aliphatic carbocycles. The fourth-order valence-corrected chi connectivity index (χ4v) is 3.27. The molecule has 1 aliphatic heterocycles. The van der Waals surface area contributed by atoms with E-state index in [0.29, 0.717) is 25.9 Å². The minimum atomic E-state index is -0.973. The quantitative estimate of drug-likeness (QED) is 0.563. The molecule has 0 spiro atoms. The van der Waals surface area contributed by atoms with Crippen LogP contribution in [0.25, 0.3) is 0 Å². The first-order chi connectivity index (χ1) is 11.5. The van der Waals surface area contributed by atoms with Crippen LogP contribution in [0.1, 0.15) is 40.0 Å². The average Bonchev–Trinajstić information content (AvgIpc) is 2.44. The molecular formula is C17H31ClN2O5. The Morgan fingerprint density at radius 1 is 1.36 bits per heavy atom. The molecule has 1 fully saturated rings. The second-order valence-corrected chi connectivity index (χ2v) is 8.17. The van der Waals surface area contributed by atoms with E-state index in [4.69, 9.17) is 21.1 Å². The number of piperidine rings is 1. The highest BCUT2D eigenvalue weighted by Gasteiger charge is 2.46. The number of likely N-dealkylation sites (N-methyl/N-ethyl adjacent to an activating group) is 1. The molecule has 0 aromatic carbocycles. The van der Waals surface area contributed by atoms with Gasteiger partial charge in [-0.05, 0) is 54.1 Å². The predicted molar refractivity (Wildman–Crippen MR) is 95.5 cm³/mol. The minimum absolute atomic E-state index is 0.155. The number of rotatable bonds is 6. The summed E-state index contributed by atoms with van der Waals surface area (Å²) >= 11 is 5.57. The Balaban J connectivity index is 2.94. The second-order valence-electron chi connectivity index (χ2n) is 7.95. The third kappa shape index (κ3) is 6.99. The Bertz CT molecular complexity index is 466. The van der Waals surface area contributed by atoms with Crippen LogP contribution in [0.3, 0.4) is 0 Å². The summed E-state index contributed by atoms with van der Waals surface area (Å²) in [7, 11) is 3.70. The van der Waals surface area contributed by atoms with Crippen molar-refractivity contribution in [2.45, 2.75) is 51.7 Å². The van der Waals surface area contributed by atoms with E-state index in [9.17, 15) is 14.7 Å². The molecule has 0 aromatic rings. The summed E-state index contributed by atoms with van der Waals surface area (Å²) in [5, 5.41) is 10.3. The van der Waals surface area contributed by atoms with Crippen LogP contribution in [-0.2, 0) is 14.3 Å². The SMILES string of the molecule is CN(C)CC(O)CC1(C(=O)OCCl)CCCN(C(=O)OC(C)(C)C)C1. The molecule has 25 heavy (non-hydrogen) atoms. The number of esters is 1. The van der Waals surface area contributed by atoms with Crippen LogP contribution in [-0.4, -0.2) is 78.5 Å². The number of aliphatic hydroxyl groups is 1. The van der Waals surface area contributed by atoms with Gasteiger partial charge in [-0.15, -0.1) is 0 Å². The lowest BCUT2D eigenvalue weighted by Gasteiger charge is -2.42. The molecule has 146 valence electrons. The van der Waals surface area contributed by atoms with Crippen LogP contribution >= 0.6 is 11.6 Å². The maximum Gasteiger partial charge on any atom is 0.410 e. The molecule has 1 amide bonds. The topological polar surface area (TPSA) is 79.3 Å². The number of carbonyl (C=O) groups excluding carboxylic acids is 2. The smallest absolute Gasteiger partial charge is 0.410 e. The molecule has 1 rings (SSSR count). The van der Waals surface area contributed by atoms with Crippen molar-refractivity contribution in [1.82, 2.24) is 9.80 Å². The van der Waals surface area contributed by atoms with E-state index < -0.39 is 29.2 Å². The predicted octanol–water partition coefficient (Wildman–Crippen LogP) is 2.06. The van der Waals surface area contributed by atoms with Crippen molar-refractivity contribution in [2.75, 3.05) is 39.8 Å². The lowest BCUT2D eigenvalue weighted by molar-refractivity contribution is -0.159. The zero-order valence-corrected chi connectivity index (χ0v) is 16.6. The lowest BCUT2D eigenvalue weighted by Crippen LogP contribution is -2.53. The lowest BCUT2D eigenvalue weighted by atomic mass is 9.75. The van der Waals surface area contributed by atoms with Gasteiger partial charge in [0.05, 0.1) is 11.5 Å². The van der Waals surface area contributed by atoms with Crippen molar-refractivity contribution in [3.05, 3.63) is 0 Å². The highest BCUT2D eigenvalue weighted by atomic mass is 35.5. The van der Waals surface area contributed by atoms with Crippen LogP contribution in [0.15, 0.2) is 0 Å². The van der Waals surface area contributed by atoms with Gasteiger partial charge in [-0.1, -0.05) is 11.6 Å². The molecule has 1 aliphatic rings. The molecule has 0 aromatic heterocycles. The Kier molecular flexibility index (Phi) is 7.96. The van der Waals surface area contributed by atoms with E-state index in [1.165, 1.54) is 4.90 Å². The summed E-state index contributed by atoms with van der Waals surface area (Å²) in [6.07, 6.45) is 0.201. The van der Waals surface area contributed by atoms with Crippen molar-refractivity contribution >= 4 is 23.7 Å². The second kappa shape index (κ2) is 9.05. The summed E-state index contributed by atoms with van der Waals surface area (Å²) in [6, 6.07) is -0.253. The normalized spacial score (nSPS) is 22.6. The number of likely N-dealkylation sites (tertiary alicyclic amines) is 1. The molecule has 0 radical (unpaired) electrons. The molecule has 7 nitrogen and oxygen atoms in total. The number of alkyl halides is 1. The van der Waals surface area contributed by atoms with Gasteiger partial charge < -0.3 is 24.4 Å². The van der Waals surface area contributed by atoms with E-state index in [1.54, 1.807) is 20.8 Å². The minimum Gasteiger partial charge on any atom is -0.449 e. The molecule has 2 unspecified atom stereocenters. The van der Waals surface area contributed by atoms with Crippen molar-refractivity contribution in [3.63, 3.8) is 0 Å². The van der Waals surface area contributed by atoms with Crippen LogP contribution in [0.5, 0.6) is 0 Å². The summed E-state index contributed by atoms with van der Waals surface area (Å²) in [6.45, 7) is 6.47. The first-order valence-electron chi connectivity index (χ1n) is 8.53. The molecular weight excluding hydrogens is 348 g/mol. The number of aliphatic hydroxyl groups excluding tert-OH is 1. The fraction of sp³-hybridized carbons (Fsp3) is 0.882. The zero-order chi connectivity index (χ0) is 19.3. The van der Waals surface area contributed by atoms with Crippen molar-refractivity contribution < 1.29 is 24.2 Å². The monoisotopic (exact) mass is 378 g/mol. The van der Waals surface area contributed by atoms with Crippen LogP contribution in [0.2, 0.25) is 0 Å². The number of nitrogens with zero attached hydrogens (tertiary/aromatic N) is 2.